The minimum absolute atomic E-state index is 0. The van der Waals surface area contributed by atoms with Crippen molar-refractivity contribution in [3.63, 3.8) is 0 Å². The molecule has 14 heteroatoms. The first-order valence-electron chi connectivity index (χ1n) is 40.9. The van der Waals surface area contributed by atoms with Gasteiger partial charge in [-0.2, -0.15) is 0 Å². The van der Waals surface area contributed by atoms with E-state index in [-0.39, 0.29) is 108 Å². The Hall–Kier alpha value is -9.97. The minimum atomic E-state index is -0.125. The minimum Gasteiger partial charge on any atom is -0.512 e. The van der Waals surface area contributed by atoms with Gasteiger partial charge in [-0.1, -0.05) is 227 Å². The van der Waals surface area contributed by atoms with Crippen LogP contribution >= 0.6 is 11.3 Å². The Morgan fingerprint density at radius 2 is 0.861 bits per heavy atom. The van der Waals surface area contributed by atoms with E-state index < -0.39 is 0 Å². The van der Waals surface area contributed by atoms with Crippen LogP contribution in [-0.2, 0) is 93.0 Å². The quantitative estimate of drug-likeness (QED) is 0.0511. The fourth-order valence-corrected chi connectivity index (χ4v) is 16.9. The zero-order valence-electron chi connectivity index (χ0n) is 73.1. The van der Waals surface area contributed by atoms with Gasteiger partial charge in [-0.15, -0.1) is 116 Å². The Balaban J connectivity index is 0.000000216. The van der Waals surface area contributed by atoms with Crippen molar-refractivity contribution < 1.29 is 94.4 Å². The van der Waals surface area contributed by atoms with Crippen molar-refractivity contribution in [2.75, 3.05) is 0 Å². The smallest absolute Gasteiger partial charge is 0.159 e. The third kappa shape index (κ3) is 25.4. The number of rotatable bonds is 15. The molecule has 122 heavy (non-hydrogen) atoms. The van der Waals surface area contributed by atoms with Crippen molar-refractivity contribution in [1.29, 1.82) is 0 Å². The third-order valence-electron chi connectivity index (χ3n) is 20.3. The van der Waals surface area contributed by atoms with Gasteiger partial charge in [-0.3, -0.25) is 29.3 Å². The molecule has 5 aromatic heterocycles. The number of allylic oxidation sites excluding steroid dienone is 6. The summed E-state index contributed by atoms with van der Waals surface area (Å²) < 4.78 is 8.77. The molecule has 1 aliphatic carbocycles. The second kappa shape index (κ2) is 43.9. The van der Waals surface area contributed by atoms with E-state index in [1.54, 1.807) is 0 Å². The molecule has 0 bridgehead atoms. The molecule has 0 fully saturated rings. The van der Waals surface area contributed by atoms with Crippen molar-refractivity contribution >= 4 is 104 Å². The van der Waals surface area contributed by atoms with Crippen LogP contribution in [0, 0.1) is 83.4 Å². The van der Waals surface area contributed by atoms with E-state index in [1.165, 1.54) is 143 Å². The number of fused-ring (bicyclic) bond motifs is 12. The van der Waals surface area contributed by atoms with Crippen LogP contribution in [0.25, 0.3) is 131 Å². The number of hydrogen-bond acceptors (Lipinski definition) is 11. The topological polar surface area (TPSA) is 164 Å². The van der Waals surface area contributed by atoms with Gasteiger partial charge in [0.1, 0.15) is 11.2 Å². The summed E-state index contributed by atoms with van der Waals surface area (Å²) in [6.07, 6.45) is 6.86. The molecule has 0 saturated carbocycles. The van der Waals surface area contributed by atoms with Crippen LogP contribution in [0.15, 0.2) is 234 Å². The average Bonchev–Trinajstić information content (AvgIpc) is 1.56. The van der Waals surface area contributed by atoms with Gasteiger partial charge >= 0.3 is 0 Å². The SMILES string of the molecule is C.CC(=O)C=C(C)O.CC(=O)C=C(C)O.CC(C)CC(=O)C=C(O)CC(C)C.Cc1[c-]c(-c2cc(-c3ccccc3)c3cc4c(cc3n2)C(C)(C)c2ccccc2-4)cc(C)c1.Cc1[c-]c(-c2cc(CC(C)C)c3cc4c(cc3n2)oc2ccccc24)cc(C)c1.Cc1[c-]c(-c2cc(CC(C)C)c3cc4c(cc3n2)sc2ccccc24)cc(C)c1.[Ir].[Ir].[Ir]. The van der Waals surface area contributed by atoms with Gasteiger partial charge in [0.05, 0.1) is 33.8 Å². The van der Waals surface area contributed by atoms with Crippen LogP contribution in [0.5, 0.6) is 0 Å². The number of hydrogen-bond donors (Lipinski definition) is 3. The van der Waals surface area contributed by atoms with Gasteiger partial charge in [-0.25, -0.2) is 0 Å². The van der Waals surface area contributed by atoms with E-state index in [0.29, 0.717) is 36.5 Å². The molecule has 1 aliphatic rings. The summed E-state index contributed by atoms with van der Waals surface area (Å²) in [7, 11) is 0. The van der Waals surface area contributed by atoms with Crippen molar-refractivity contribution in [2.45, 2.75) is 177 Å². The number of carbonyl (C=O) groups excluding carboxylic acids is 3. The molecule has 16 rings (SSSR count). The molecule has 10 aromatic carbocycles. The predicted molar refractivity (Wildman–Crippen MR) is 502 cm³/mol. The van der Waals surface area contributed by atoms with Gasteiger partial charge in [0.15, 0.2) is 17.3 Å². The molecule has 10 nitrogen and oxygen atoms in total. The molecule has 3 radical (unpaired) electrons. The maximum absolute atomic E-state index is 11.2. The van der Waals surface area contributed by atoms with Gasteiger partial charge in [-0.05, 0) is 168 Å². The molecule has 5 heterocycles. The molecule has 0 amide bonds. The number of aliphatic hydroxyl groups is 3. The number of ketones is 3. The number of nitrogens with zero attached hydrogens (tertiary/aromatic N) is 3. The normalized spacial score (nSPS) is 12.0. The van der Waals surface area contributed by atoms with Gasteiger partial charge in [0.25, 0.3) is 0 Å². The number of furan rings is 1. The zero-order chi connectivity index (χ0) is 85.1. The van der Waals surface area contributed by atoms with Crippen molar-refractivity contribution in [1.82, 2.24) is 15.0 Å². The monoisotopic (exact) mass is 2180 g/mol. The second-order valence-electron chi connectivity index (χ2n) is 33.8. The number of aryl methyl sites for hydroxylation is 6. The number of para-hydroxylation sites is 1. The average molecular weight is 2170 g/mol. The molecule has 15 aromatic rings. The summed E-state index contributed by atoms with van der Waals surface area (Å²) in [4.78, 5) is 46.5. The van der Waals surface area contributed by atoms with Gasteiger partial charge in [0, 0.05) is 150 Å². The van der Waals surface area contributed by atoms with Crippen LogP contribution in [-0.4, -0.2) is 47.6 Å². The van der Waals surface area contributed by atoms with Crippen LogP contribution in [0.2, 0.25) is 0 Å². The Kier molecular flexibility index (Phi) is 35.7. The van der Waals surface area contributed by atoms with E-state index in [2.05, 4.69) is 283 Å². The van der Waals surface area contributed by atoms with Crippen LogP contribution in [0.1, 0.15) is 173 Å². The number of benzene rings is 10. The Labute approximate surface area is 766 Å². The first kappa shape index (κ1) is 99.1. The molecule has 0 spiro atoms. The van der Waals surface area contributed by atoms with Gasteiger partial charge < -0.3 is 19.7 Å². The standard InChI is InChI=1S/C32H26N.C27H24NO.C27H24NS.C11H20O2.2C5H8O2.CH4.3Ir/c1-20-14-21(2)16-23(15-20)30-18-25(22-10-6-5-7-11-22)27-17-26-24-12-8-9-13-28(24)32(3,4)29(26)19-31(27)33-30;2*1-16(2)9-19-13-24(20-11-17(3)10-18(4)12-20)28-25-15-27-23(14-22(19)25)21-7-5-6-8-26(21)29-27;1-8(2)5-10(12)7-11(13)6-9(3)4;2*1-4(6)3-5(2)7;;;;/h5-15,17-19H,1-4H3;2*5-8,10-11,13-16H,9H2,1-4H3;7-9,12H,5-6H2,1-4H3;2*3,6H,1-2H3;1H4;;;/q3*-1;;;;;;;. The van der Waals surface area contributed by atoms with E-state index in [1.807, 2.05) is 51.2 Å². The first-order chi connectivity index (χ1) is 56.0. The fraction of sp³-hybridized carbons (Fsp3) is 0.278. The summed E-state index contributed by atoms with van der Waals surface area (Å²) in [5, 5.41) is 34.8. The Bertz CT molecular complexity index is 6050. The molecule has 639 valence electrons. The van der Waals surface area contributed by atoms with E-state index >= 15 is 0 Å². The molecular weight excluding hydrogens is 2060 g/mol. The van der Waals surface area contributed by atoms with Crippen molar-refractivity contribution in [3.05, 3.63) is 303 Å². The molecular formula is C108H114Ir3N3O7S-3. The van der Waals surface area contributed by atoms with Gasteiger partial charge in [0.2, 0.25) is 0 Å². The number of carbonyl (C=O) groups is 3. The van der Waals surface area contributed by atoms with Crippen LogP contribution in [0.3, 0.4) is 0 Å². The number of aromatic nitrogens is 3. The maximum Gasteiger partial charge on any atom is 0.159 e. The molecule has 0 aliphatic heterocycles. The van der Waals surface area contributed by atoms with Crippen LogP contribution in [0.4, 0.5) is 0 Å². The third-order valence-corrected chi connectivity index (χ3v) is 21.4. The van der Waals surface area contributed by atoms with E-state index in [0.717, 1.165) is 102 Å². The number of aliphatic hydroxyl groups excluding tert-OH is 3. The molecule has 3 N–H and O–H groups in total. The van der Waals surface area contributed by atoms with Crippen molar-refractivity contribution in [3.8, 4) is 56.0 Å². The van der Waals surface area contributed by atoms with E-state index in [9.17, 15) is 19.5 Å². The zero-order valence-corrected chi connectivity index (χ0v) is 81.1. The van der Waals surface area contributed by atoms with Crippen LogP contribution < -0.4 is 0 Å². The fourth-order valence-electron chi connectivity index (χ4n) is 15.8. The molecule has 0 unspecified atom stereocenters. The largest absolute Gasteiger partial charge is 0.512 e. The summed E-state index contributed by atoms with van der Waals surface area (Å²) >= 11 is 1.86. The first-order valence-corrected chi connectivity index (χ1v) is 41.7. The number of thiophene rings is 1. The summed E-state index contributed by atoms with van der Waals surface area (Å²) in [6.45, 7) is 40.1. The second-order valence-corrected chi connectivity index (χ2v) is 34.9. The Morgan fingerprint density at radius 3 is 1.34 bits per heavy atom. The maximum atomic E-state index is 11.2. The number of pyridine rings is 3. The predicted octanol–water partition coefficient (Wildman–Crippen LogP) is 29.4. The Morgan fingerprint density at radius 1 is 0.410 bits per heavy atom. The van der Waals surface area contributed by atoms with Crippen molar-refractivity contribution in [2.24, 2.45) is 23.7 Å². The molecule has 0 saturated heterocycles. The molecule has 0 atom stereocenters. The summed E-state index contributed by atoms with van der Waals surface area (Å²) in [5.41, 5.74) is 28.8. The van der Waals surface area contributed by atoms with E-state index in [4.69, 9.17) is 29.6 Å². The summed E-state index contributed by atoms with van der Waals surface area (Å²) in [5.74, 6) is 2.01. The summed E-state index contributed by atoms with van der Waals surface area (Å²) in [6, 6.07) is 80.4.